The maximum atomic E-state index is 13.9. The summed E-state index contributed by atoms with van der Waals surface area (Å²) in [6.07, 6.45) is -44.8. The van der Waals surface area contributed by atoms with Gasteiger partial charge in [0.05, 0.1) is 24.8 Å². The molecular formula is C75H83O43+. The third-order valence-corrected chi connectivity index (χ3v) is 19.1. The third kappa shape index (κ3) is 20.6. The lowest BCUT2D eigenvalue weighted by Gasteiger charge is -2.46. The maximum absolute atomic E-state index is 13.9. The van der Waals surface area contributed by atoms with Crippen LogP contribution >= 0.6 is 0 Å². The highest BCUT2D eigenvalue weighted by Gasteiger charge is 2.55. The Morgan fingerprint density at radius 1 is 0.390 bits per heavy atom. The molecule has 0 radical (unpaired) electrons. The Hall–Kier alpha value is -10.8. The zero-order valence-corrected chi connectivity index (χ0v) is 60.9. The molecule has 640 valence electrons. The average molecular weight is 1670 g/mol. The van der Waals surface area contributed by atoms with Crippen LogP contribution in [0.25, 0.3) is 24.3 Å². The average Bonchev–Trinajstić information content (AvgIpc) is 0.757. The van der Waals surface area contributed by atoms with Gasteiger partial charge in [0.15, 0.2) is 70.3 Å². The van der Waals surface area contributed by atoms with Gasteiger partial charge in [0.25, 0.3) is 11.9 Å². The van der Waals surface area contributed by atoms with Gasteiger partial charge in [-0.3, -0.25) is 9.59 Å². The highest BCUT2D eigenvalue weighted by atomic mass is 16.8. The van der Waals surface area contributed by atoms with Crippen molar-refractivity contribution in [2.45, 2.75) is 166 Å². The van der Waals surface area contributed by atoms with Crippen LogP contribution in [0, 0.1) is 0 Å². The molecule has 5 saturated heterocycles. The lowest BCUT2D eigenvalue weighted by molar-refractivity contribution is -0.364. The Labute approximate surface area is 663 Å². The molecule has 0 aliphatic carbocycles. The Morgan fingerprint density at radius 3 is 1.30 bits per heavy atom. The number of phenols is 7. The van der Waals surface area contributed by atoms with Gasteiger partial charge in [-0.1, -0.05) is 18.2 Å². The number of hydrogen-bond donors (Lipinski definition) is 23. The van der Waals surface area contributed by atoms with Gasteiger partial charge in [-0.15, -0.1) is 0 Å². The molecule has 26 atom stereocenters. The van der Waals surface area contributed by atoms with Crippen molar-refractivity contribution in [3.05, 3.63) is 137 Å². The Morgan fingerprint density at radius 2 is 0.805 bits per heavy atom. The zero-order chi connectivity index (χ0) is 85.4. The molecule has 0 aromatic heterocycles. The molecule has 11 rings (SSSR count). The molecule has 0 amide bonds. The van der Waals surface area contributed by atoms with Crippen LogP contribution in [-0.4, -0.2) is 339 Å². The first-order valence-corrected chi connectivity index (χ1v) is 35.7. The van der Waals surface area contributed by atoms with Crippen LogP contribution in [0.5, 0.6) is 63.2 Å². The van der Waals surface area contributed by atoms with Crippen LogP contribution < -0.4 is 14.2 Å². The molecule has 43 heteroatoms. The molecule has 118 heavy (non-hydrogen) atoms. The first kappa shape index (κ1) is 88.0. The van der Waals surface area contributed by atoms with Crippen molar-refractivity contribution in [2.24, 2.45) is 0 Å². The van der Waals surface area contributed by atoms with Gasteiger partial charge < -0.3 is 189 Å². The summed E-state index contributed by atoms with van der Waals surface area (Å²) < 4.78 is 84.3. The number of phenolic OH excluding ortho intramolecular Hbond substituents is 7. The molecule has 43 nitrogen and oxygen atoms in total. The number of aliphatic hydroxyl groups is 16. The van der Waals surface area contributed by atoms with Gasteiger partial charge in [0.1, 0.15) is 153 Å². The molecule has 6 heterocycles. The molecule has 5 fully saturated rings. The van der Waals surface area contributed by atoms with Gasteiger partial charge in [-0.2, -0.15) is 0 Å². The van der Waals surface area contributed by atoms with Crippen molar-refractivity contribution in [3.63, 3.8) is 0 Å². The number of aliphatic carboxylic acids is 1. The normalized spacial score (nSPS) is 32.2. The van der Waals surface area contributed by atoms with Crippen molar-refractivity contribution in [2.75, 3.05) is 33.0 Å². The number of esters is 4. The molecule has 6 aliphatic rings. The standard InChI is InChI=1S/C75H82O43/c76-23-45-55(91)60(96)65(101)71(112-45)108-40-10-2-29(16-38(40)83)5-13-52(88)104-25-47-57(93)61(97)66(102)72(114-47)109-41-11-3-30(17-39(41)84)6-14-53(89)117-69-63(99)56(92)46(24-77)113-75(69)118-70-64(100)59(95)49(26-105-51(87)12-4-28-1-8-34(79)36(81)15-28)116-74(70)111-44-21-33-42(107-68(44)31-7-9-35(80)37(82)18-31)19-32(78)20-43(33)110-73-67(103)62(98)58(94)48(115-73)27-106-54(90)22-50(85)86/h1-21,45-49,55-84,91-103H,22-27H2,(H,85,86)/p+1. The first-order valence-electron chi connectivity index (χ1n) is 35.7. The number of rotatable bonds is 28. The summed E-state index contributed by atoms with van der Waals surface area (Å²) in [7, 11) is 0. The molecule has 0 saturated carbocycles. The molecule has 0 bridgehead atoms. The topological polar surface area (TPSA) is 693 Å². The van der Waals surface area contributed by atoms with E-state index in [9.17, 15) is 136 Å². The van der Waals surface area contributed by atoms with E-state index in [4.69, 9.17) is 76.2 Å². The van der Waals surface area contributed by atoms with Crippen LogP contribution in [0.3, 0.4) is 0 Å². The minimum atomic E-state index is -2.34. The number of aromatic hydroxyl groups is 8. The van der Waals surface area contributed by atoms with E-state index in [1.165, 1.54) is 36.4 Å². The highest BCUT2D eigenvalue weighted by Crippen LogP contribution is 2.48. The predicted molar refractivity (Wildman–Crippen MR) is 382 cm³/mol. The number of ether oxygens (including phenoxy) is 15. The van der Waals surface area contributed by atoms with Crippen molar-refractivity contribution in [1.82, 2.24) is 0 Å². The van der Waals surface area contributed by atoms with Gasteiger partial charge in [-0.05, 0) is 89.5 Å². The van der Waals surface area contributed by atoms with Crippen molar-refractivity contribution >= 4 is 54.2 Å². The third-order valence-electron chi connectivity index (χ3n) is 19.1. The predicted octanol–water partition coefficient (Wildman–Crippen LogP) is -5.04. The van der Waals surface area contributed by atoms with Crippen LogP contribution in [0.1, 0.15) is 40.3 Å². The fraction of sp³-hybridized carbons (Fsp3) is 0.427. The number of carbonyl (C=O) groups excluding carboxylic acids is 4. The van der Waals surface area contributed by atoms with Crippen LogP contribution in [0.15, 0.2) is 109 Å². The summed E-state index contributed by atoms with van der Waals surface area (Å²) in [5.74, 6) is -12.5. The number of fused-ring (bicyclic) bond motifs is 1. The molecule has 5 aromatic rings. The summed E-state index contributed by atoms with van der Waals surface area (Å²) >= 11 is 0. The van der Waals surface area contributed by atoms with Crippen molar-refractivity contribution in [3.8, 4) is 63.2 Å². The van der Waals surface area contributed by atoms with Crippen LogP contribution in [0.2, 0.25) is 0 Å². The number of carboxylic acids is 1. The number of carboxylic acid groups (broad SMARTS) is 1. The molecule has 24 N–H and O–H groups in total. The fourth-order valence-electron chi connectivity index (χ4n) is 12.7. The van der Waals surface area contributed by atoms with Gasteiger partial charge in [-0.25, -0.2) is 14.4 Å². The molecule has 26 unspecified atom stereocenters. The van der Waals surface area contributed by atoms with Crippen LogP contribution in [0.4, 0.5) is 0 Å². The molecule has 6 aliphatic heterocycles. The fourth-order valence-corrected chi connectivity index (χ4v) is 12.7. The lowest BCUT2D eigenvalue weighted by atomic mass is 9.96. The Kier molecular flexibility index (Phi) is 28.5. The maximum Gasteiger partial charge on any atom is 0.331 e. The second kappa shape index (κ2) is 38.3. The zero-order valence-electron chi connectivity index (χ0n) is 60.9. The second-order valence-corrected chi connectivity index (χ2v) is 27.4. The van der Waals surface area contributed by atoms with E-state index < -0.39 is 286 Å². The number of benzene rings is 5. The summed E-state index contributed by atoms with van der Waals surface area (Å²) in [6.45, 7) is -4.44. The number of aliphatic hydroxyl groups excluding tert-OH is 15. The van der Waals surface area contributed by atoms with Gasteiger partial charge in [0, 0.05) is 30.4 Å². The smallest absolute Gasteiger partial charge is 0.331 e. The van der Waals surface area contributed by atoms with Gasteiger partial charge in [0.2, 0.25) is 25.2 Å². The van der Waals surface area contributed by atoms with Crippen molar-refractivity contribution < 1.29 is 212 Å². The summed E-state index contributed by atoms with van der Waals surface area (Å²) in [6, 6.07) is 15.8. The van der Waals surface area contributed by atoms with E-state index in [1.54, 1.807) is 0 Å². The minimum Gasteiger partial charge on any atom is -0.571 e. The molecule has 5 aromatic carbocycles. The number of hydrogen-bond acceptors (Lipinski definition) is 41. The summed E-state index contributed by atoms with van der Waals surface area (Å²) in [5.41, 5.74) is 0.111. The van der Waals surface area contributed by atoms with Crippen LogP contribution in [-0.2, 0) is 76.1 Å². The minimum absolute atomic E-state index is 0.0165. The van der Waals surface area contributed by atoms with E-state index in [2.05, 4.69) is 0 Å². The summed E-state index contributed by atoms with van der Waals surface area (Å²) in [4.78, 5) is 63.3. The SMILES string of the molecule is O=C(O)CC(=O)OCC1OC(Oc2cc(O)cc3c2C=C(OC2OC(COC(=O)C=Cc4ccc(O)c(O)c4)C(O)C(O)C2OC2OC(CO)C(O)C(O)C2OC(=O)C=Cc2ccc(OC4OC(COC(=O)C=Cc5ccc(OC6OC(CO)C(O)C(O)C6O)c(O)c5)C(O)C(O)C4O)c(O)c2)C(c2ccc(O)c(O)c2)[OH+]3)C(O)C(O)C1O. The monoisotopic (exact) mass is 1670 g/mol. The van der Waals surface area contributed by atoms with E-state index in [1.807, 2.05) is 0 Å². The Balaban J connectivity index is 0.808. The van der Waals surface area contributed by atoms with E-state index in [-0.39, 0.29) is 39.3 Å². The quantitative estimate of drug-likeness (QED) is 0.00557. The first-order chi connectivity index (χ1) is 56.1. The van der Waals surface area contributed by atoms with Crippen molar-refractivity contribution in [1.29, 1.82) is 0 Å². The summed E-state index contributed by atoms with van der Waals surface area (Å²) in [5, 5.41) is 246. The van der Waals surface area contributed by atoms with Gasteiger partial charge >= 0.3 is 29.8 Å². The van der Waals surface area contributed by atoms with E-state index in [0.29, 0.717) is 6.08 Å². The Bertz CT molecular complexity index is 4510. The molecule has 0 spiro atoms. The highest BCUT2D eigenvalue weighted by molar-refractivity contribution is 5.90. The van der Waals surface area contributed by atoms with E-state index >= 15 is 0 Å². The lowest BCUT2D eigenvalue weighted by Crippen LogP contribution is -2.65. The van der Waals surface area contributed by atoms with E-state index in [0.717, 1.165) is 85.0 Å². The largest absolute Gasteiger partial charge is 0.571 e. The number of carbonyl (C=O) groups is 5. The second-order valence-electron chi connectivity index (χ2n) is 27.4. The molecular weight excluding hydrogens is 1590 g/mol.